The topological polar surface area (TPSA) is 68.4 Å². The van der Waals surface area contributed by atoms with E-state index < -0.39 is 0 Å². The third kappa shape index (κ3) is 5.35. The van der Waals surface area contributed by atoms with Crippen LogP contribution in [0.5, 0.6) is 0 Å². The van der Waals surface area contributed by atoms with Crippen LogP contribution in [-0.2, 0) is 16.0 Å². The van der Waals surface area contributed by atoms with E-state index >= 15 is 0 Å². The van der Waals surface area contributed by atoms with Gasteiger partial charge in [0.25, 0.3) is 0 Å². The highest BCUT2D eigenvalue weighted by Crippen LogP contribution is 2.19. The molecule has 1 aliphatic heterocycles. The number of piperazine rings is 1. The third-order valence-corrected chi connectivity index (χ3v) is 5.62. The van der Waals surface area contributed by atoms with Crippen LogP contribution in [0.3, 0.4) is 0 Å². The summed E-state index contributed by atoms with van der Waals surface area (Å²) in [7, 11) is 0. The van der Waals surface area contributed by atoms with Gasteiger partial charge in [0.15, 0.2) is 0 Å². The van der Waals surface area contributed by atoms with Crippen molar-refractivity contribution in [2.24, 2.45) is 0 Å². The maximum Gasteiger partial charge on any atom is 0.234 e. The van der Waals surface area contributed by atoms with Crippen molar-refractivity contribution in [2.75, 3.05) is 32.7 Å². The van der Waals surface area contributed by atoms with Gasteiger partial charge in [0, 0.05) is 55.7 Å². The van der Waals surface area contributed by atoms with Gasteiger partial charge in [0.2, 0.25) is 11.8 Å². The molecule has 6 nitrogen and oxygen atoms in total. The molecule has 6 heteroatoms. The Bertz CT molecular complexity index is 793. The van der Waals surface area contributed by atoms with E-state index in [1.165, 1.54) is 10.9 Å². The Balaban J connectivity index is 1.37. The van der Waals surface area contributed by atoms with E-state index in [9.17, 15) is 9.59 Å². The van der Waals surface area contributed by atoms with Crippen molar-refractivity contribution < 1.29 is 9.59 Å². The zero-order chi connectivity index (χ0) is 19.9. The van der Waals surface area contributed by atoms with E-state index in [0.717, 1.165) is 37.9 Å². The number of aromatic nitrogens is 1. The second-order valence-corrected chi connectivity index (χ2v) is 7.75. The number of hydrogen-bond donors (Lipinski definition) is 2. The summed E-state index contributed by atoms with van der Waals surface area (Å²) in [4.78, 5) is 31.9. The maximum absolute atomic E-state index is 12.5. The largest absolute Gasteiger partial charge is 0.361 e. The number of para-hydroxylation sites is 1. The number of carbonyl (C=O) groups is 2. The first-order valence-electron chi connectivity index (χ1n) is 10.4. The van der Waals surface area contributed by atoms with E-state index in [2.05, 4.69) is 40.5 Å². The highest BCUT2D eigenvalue weighted by atomic mass is 16.2. The molecule has 1 atom stereocenters. The summed E-state index contributed by atoms with van der Waals surface area (Å²) in [6.07, 6.45) is 5.34. The molecule has 152 valence electrons. The molecule has 1 aromatic heterocycles. The van der Waals surface area contributed by atoms with Crippen LogP contribution in [0.25, 0.3) is 10.9 Å². The Morgan fingerprint density at radius 1 is 1.18 bits per heavy atom. The molecule has 28 heavy (non-hydrogen) atoms. The van der Waals surface area contributed by atoms with Crippen LogP contribution in [-0.4, -0.2) is 65.4 Å². The van der Waals surface area contributed by atoms with Gasteiger partial charge in [-0.15, -0.1) is 0 Å². The molecule has 2 amide bonds. The highest BCUT2D eigenvalue weighted by Gasteiger charge is 2.22. The SMILES string of the molecule is CCC(C)NC(=O)CN1CCN(C(=O)CCCc2c[nH]c3ccccc23)CC1. The first kappa shape index (κ1) is 20.4. The lowest BCUT2D eigenvalue weighted by Gasteiger charge is -2.34. The lowest BCUT2D eigenvalue weighted by molar-refractivity contribution is -0.133. The molecule has 0 spiro atoms. The summed E-state index contributed by atoms with van der Waals surface area (Å²) >= 11 is 0. The zero-order valence-corrected chi connectivity index (χ0v) is 17.0. The van der Waals surface area contributed by atoms with Crippen molar-refractivity contribution in [3.8, 4) is 0 Å². The molecule has 1 unspecified atom stereocenters. The van der Waals surface area contributed by atoms with Gasteiger partial charge >= 0.3 is 0 Å². The Kier molecular flexibility index (Phi) is 7.09. The number of fused-ring (bicyclic) bond motifs is 1. The number of nitrogens with zero attached hydrogens (tertiary/aromatic N) is 2. The fraction of sp³-hybridized carbons (Fsp3) is 0.545. The van der Waals surface area contributed by atoms with Crippen LogP contribution in [0.1, 0.15) is 38.7 Å². The smallest absolute Gasteiger partial charge is 0.234 e. The van der Waals surface area contributed by atoms with Crippen LogP contribution in [0.15, 0.2) is 30.5 Å². The summed E-state index contributed by atoms with van der Waals surface area (Å²) in [5.74, 6) is 0.302. The summed E-state index contributed by atoms with van der Waals surface area (Å²) < 4.78 is 0. The molecular weight excluding hydrogens is 352 g/mol. The molecule has 2 N–H and O–H groups in total. The molecule has 0 bridgehead atoms. The van der Waals surface area contributed by atoms with E-state index in [1.807, 2.05) is 24.0 Å². The molecule has 1 saturated heterocycles. The van der Waals surface area contributed by atoms with Gasteiger partial charge in [-0.05, 0) is 37.8 Å². The molecule has 1 fully saturated rings. The molecule has 0 radical (unpaired) electrons. The Morgan fingerprint density at radius 2 is 1.93 bits per heavy atom. The van der Waals surface area contributed by atoms with Crippen molar-refractivity contribution >= 4 is 22.7 Å². The first-order chi connectivity index (χ1) is 13.6. The molecular formula is C22H32N4O2. The van der Waals surface area contributed by atoms with Gasteiger partial charge in [0.1, 0.15) is 0 Å². The van der Waals surface area contributed by atoms with Crippen LogP contribution >= 0.6 is 0 Å². The number of rotatable bonds is 8. The molecule has 2 aromatic rings. The highest BCUT2D eigenvalue weighted by molar-refractivity contribution is 5.83. The van der Waals surface area contributed by atoms with E-state index in [0.29, 0.717) is 26.1 Å². The second kappa shape index (κ2) is 9.73. The van der Waals surface area contributed by atoms with Crippen molar-refractivity contribution in [1.82, 2.24) is 20.1 Å². The standard InChI is InChI=1S/C22H32N4O2/c1-3-17(2)24-21(27)16-25-11-13-26(14-12-25)22(28)10-6-7-18-15-23-20-9-5-4-8-19(18)20/h4-5,8-9,15,17,23H,3,6-7,10-14,16H2,1-2H3,(H,24,27). The Morgan fingerprint density at radius 3 is 2.68 bits per heavy atom. The van der Waals surface area contributed by atoms with Gasteiger partial charge in [-0.25, -0.2) is 0 Å². The number of benzene rings is 1. The minimum absolute atomic E-state index is 0.0767. The predicted octanol–water partition coefficient (Wildman–Crippen LogP) is 2.55. The molecule has 0 aliphatic carbocycles. The van der Waals surface area contributed by atoms with Gasteiger partial charge in [-0.3, -0.25) is 14.5 Å². The summed E-state index contributed by atoms with van der Waals surface area (Å²) in [6.45, 7) is 7.46. The maximum atomic E-state index is 12.5. The van der Waals surface area contributed by atoms with Crippen LogP contribution in [0, 0.1) is 0 Å². The Hall–Kier alpha value is -2.34. The average molecular weight is 385 g/mol. The summed E-state index contributed by atoms with van der Waals surface area (Å²) in [6, 6.07) is 8.49. The second-order valence-electron chi connectivity index (χ2n) is 7.75. The zero-order valence-electron chi connectivity index (χ0n) is 17.0. The van der Waals surface area contributed by atoms with Crippen LogP contribution < -0.4 is 5.32 Å². The first-order valence-corrected chi connectivity index (χ1v) is 10.4. The van der Waals surface area contributed by atoms with Crippen LogP contribution in [0.4, 0.5) is 0 Å². The fourth-order valence-corrected chi connectivity index (χ4v) is 3.71. The lowest BCUT2D eigenvalue weighted by atomic mass is 10.1. The quantitative estimate of drug-likeness (QED) is 0.735. The molecule has 0 saturated carbocycles. The average Bonchev–Trinajstić information content (AvgIpc) is 3.11. The van der Waals surface area contributed by atoms with E-state index in [4.69, 9.17) is 0 Å². The van der Waals surface area contributed by atoms with Gasteiger partial charge in [-0.1, -0.05) is 25.1 Å². The normalized spacial score (nSPS) is 16.3. The predicted molar refractivity (Wildman–Crippen MR) is 112 cm³/mol. The number of H-pyrrole nitrogens is 1. The molecule has 1 aliphatic rings. The lowest BCUT2D eigenvalue weighted by Crippen LogP contribution is -2.51. The van der Waals surface area contributed by atoms with Crippen LogP contribution in [0.2, 0.25) is 0 Å². The monoisotopic (exact) mass is 384 g/mol. The minimum Gasteiger partial charge on any atom is -0.361 e. The van der Waals surface area contributed by atoms with E-state index in [-0.39, 0.29) is 17.9 Å². The number of nitrogens with one attached hydrogen (secondary N) is 2. The van der Waals surface area contributed by atoms with E-state index in [1.54, 1.807) is 0 Å². The van der Waals surface area contributed by atoms with Crippen molar-refractivity contribution in [2.45, 2.75) is 45.6 Å². The van der Waals surface area contributed by atoms with Crippen molar-refractivity contribution in [1.29, 1.82) is 0 Å². The fourth-order valence-electron chi connectivity index (χ4n) is 3.71. The molecule has 3 rings (SSSR count). The van der Waals surface area contributed by atoms with Crippen molar-refractivity contribution in [3.05, 3.63) is 36.0 Å². The van der Waals surface area contributed by atoms with Gasteiger partial charge < -0.3 is 15.2 Å². The number of carbonyl (C=O) groups excluding carboxylic acids is 2. The molecule has 1 aromatic carbocycles. The number of hydrogen-bond acceptors (Lipinski definition) is 3. The molecule has 2 heterocycles. The summed E-state index contributed by atoms with van der Waals surface area (Å²) in [5.41, 5.74) is 2.43. The van der Waals surface area contributed by atoms with Gasteiger partial charge in [0.05, 0.1) is 6.54 Å². The van der Waals surface area contributed by atoms with Crippen molar-refractivity contribution in [3.63, 3.8) is 0 Å². The summed E-state index contributed by atoms with van der Waals surface area (Å²) in [5, 5.41) is 4.25. The minimum atomic E-state index is 0.0767. The number of amides is 2. The number of aryl methyl sites for hydroxylation is 1. The van der Waals surface area contributed by atoms with Gasteiger partial charge in [-0.2, -0.15) is 0 Å². The third-order valence-electron chi connectivity index (χ3n) is 5.62. The Labute approximate surface area is 167 Å². The number of aromatic amines is 1.